The van der Waals surface area contributed by atoms with Crippen LogP contribution in [0.1, 0.15) is 12.5 Å². The second-order valence-corrected chi connectivity index (χ2v) is 6.89. The third kappa shape index (κ3) is 4.32. The molecule has 2 aromatic rings. The number of rotatable bonds is 5. The van der Waals surface area contributed by atoms with Gasteiger partial charge in [0.05, 0.1) is 4.47 Å². The summed E-state index contributed by atoms with van der Waals surface area (Å²) < 4.78 is 9.00. The van der Waals surface area contributed by atoms with Crippen LogP contribution in [0.4, 0.5) is 0 Å². The third-order valence-corrected chi connectivity index (χ3v) is 4.31. The fourth-order valence-corrected chi connectivity index (χ4v) is 3.26. The van der Waals surface area contributed by atoms with E-state index in [2.05, 4.69) is 66.1 Å². The first kappa shape index (κ1) is 16.0. The first-order chi connectivity index (χ1) is 9.60. The van der Waals surface area contributed by atoms with E-state index in [0.29, 0.717) is 0 Å². The first-order valence-corrected chi connectivity index (χ1v) is 8.60. The highest BCUT2D eigenvalue weighted by atomic mass is 79.9. The Hall–Kier alpha value is -0.360. The van der Waals surface area contributed by atoms with E-state index in [0.717, 1.165) is 43.6 Å². The average molecular weight is 464 g/mol. The lowest BCUT2D eigenvalue weighted by Gasteiger charge is -2.13. The van der Waals surface area contributed by atoms with Crippen molar-refractivity contribution in [2.24, 2.45) is 0 Å². The third-order valence-electron chi connectivity index (χ3n) is 2.70. The van der Waals surface area contributed by atoms with Crippen molar-refractivity contribution >= 4 is 47.8 Å². The maximum atomic E-state index is 6.02. The number of ether oxygens (including phenoxy) is 1. The summed E-state index contributed by atoms with van der Waals surface area (Å²) >= 11 is 10.5. The van der Waals surface area contributed by atoms with Gasteiger partial charge in [-0.15, -0.1) is 0 Å². The van der Waals surface area contributed by atoms with E-state index in [1.54, 1.807) is 0 Å². The van der Waals surface area contributed by atoms with Gasteiger partial charge in [0.25, 0.3) is 0 Å². The number of benzene rings is 2. The van der Waals surface area contributed by atoms with Gasteiger partial charge in [-0.2, -0.15) is 0 Å². The Labute approximate surface area is 144 Å². The average Bonchev–Trinajstić information content (AvgIpc) is 2.41. The summed E-state index contributed by atoms with van der Waals surface area (Å²) in [6.07, 6.45) is 0. The van der Waals surface area contributed by atoms with E-state index in [9.17, 15) is 0 Å². The molecule has 1 N–H and O–H groups in total. The smallest absolute Gasteiger partial charge is 0.141 e. The molecule has 0 unspecified atom stereocenters. The minimum Gasteiger partial charge on any atom is -0.456 e. The van der Waals surface area contributed by atoms with Gasteiger partial charge < -0.3 is 10.1 Å². The first-order valence-electron chi connectivity index (χ1n) is 6.22. The molecule has 2 rings (SSSR count). The van der Waals surface area contributed by atoms with Crippen molar-refractivity contribution in [3.05, 3.63) is 55.4 Å². The van der Waals surface area contributed by atoms with Crippen LogP contribution in [0.15, 0.2) is 49.8 Å². The lowest BCUT2D eigenvalue weighted by atomic mass is 10.2. The standard InChI is InChI=1S/C15H14Br3NO/c1-2-19-9-10-7-11(16)3-5-14(10)20-15-6-4-12(17)8-13(15)18/h3-8,19H,2,9H2,1H3. The van der Waals surface area contributed by atoms with Gasteiger partial charge in [-0.25, -0.2) is 0 Å². The second-order valence-electron chi connectivity index (χ2n) is 4.21. The molecular formula is C15H14Br3NO. The zero-order chi connectivity index (χ0) is 14.5. The highest BCUT2D eigenvalue weighted by Crippen LogP contribution is 2.34. The molecule has 0 saturated heterocycles. The van der Waals surface area contributed by atoms with E-state index >= 15 is 0 Å². The fourth-order valence-electron chi connectivity index (χ4n) is 1.72. The number of halogens is 3. The molecule has 20 heavy (non-hydrogen) atoms. The SMILES string of the molecule is CCNCc1cc(Br)ccc1Oc1ccc(Br)cc1Br. The summed E-state index contributed by atoms with van der Waals surface area (Å²) in [6.45, 7) is 3.79. The molecule has 0 aromatic heterocycles. The van der Waals surface area contributed by atoms with Crippen LogP contribution in [0.2, 0.25) is 0 Å². The Kier molecular flexibility index (Phi) is 6.08. The van der Waals surface area contributed by atoms with Crippen molar-refractivity contribution in [3.63, 3.8) is 0 Å². The largest absolute Gasteiger partial charge is 0.456 e. The highest BCUT2D eigenvalue weighted by molar-refractivity contribution is 9.11. The van der Waals surface area contributed by atoms with Crippen LogP contribution in [0.5, 0.6) is 11.5 Å². The van der Waals surface area contributed by atoms with Crippen LogP contribution in [-0.2, 0) is 6.54 Å². The molecule has 0 aliphatic rings. The maximum absolute atomic E-state index is 6.02. The molecule has 0 aliphatic carbocycles. The van der Waals surface area contributed by atoms with E-state index in [1.165, 1.54) is 0 Å². The van der Waals surface area contributed by atoms with Gasteiger partial charge in [0.2, 0.25) is 0 Å². The number of nitrogens with one attached hydrogen (secondary N) is 1. The summed E-state index contributed by atoms with van der Waals surface area (Å²) in [5.74, 6) is 1.66. The molecule has 0 heterocycles. The molecule has 0 spiro atoms. The second kappa shape index (κ2) is 7.59. The van der Waals surface area contributed by atoms with Crippen LogP contribution in [0.25, 0.3) is 0 Å². The number of hydrogen-bond donors (Lipinski definition) is 1. The Morgan fingerprint density at radius 3 is 2.25 bits per heavy atom. The van der Waals surface area contributed by atoms with Crippen molar-refractivity contribution in [2.75, 3.05) is 6.54 Å². The van der Waals surface area contributed by atoms with E-state index < -0.39 is 0 Å². The predicted octanol–water partition coefficient (Wildman–Crippen LogP) is 5.88. The zero-order valence-electron chi connectivity index (χ0n) is 10.9. The topological polar surface area (TPSA) is 21.3 Å². The minimum atomic E-state index is 0.777. The molecule has 0 fully saturated rings. The normalized spacial score (nSPS) is 10.6. The molecule has 0 radical (unpaired) electrons. The van der Waals surface area contributed by atoms with E-state index in [-0.39, 0.29) is 0 Å². The molecule has 5 heteroatoms. The van der Waals surface area contributed by atoms with Crippen LogP contribution in [0, 0.1) is 0 Å². The Morgan fingerprint density at radius 1 is 0.950 bits per heavy atom. The molecule has 0 atom stereocenters. The summed E-state index contributed by atoms with van der Waals surface area (Å²) in [7, 11) is 0. The van der Waals surface area contributed by atoms with Gasteiger partial charge in [0.1, 0.15) is 11.5 Å². The molecule has 0 saturated carbocycles. The van der Waals surface area contributed by atoms with Crippen LogP contribution in [0.3, 0.4) is 0 Å². The highest BCUT2D eigenvalue weighted by Gasteiger charge is 2.08. The molecule has 0 aliphatic heterocycles. The predicted molar refractivity (Wildman–Crippen MR) is 93.4 cm³/mol. The van der Waals surface area contributed by atoms with E-state index in [1.807, 2.05) is 30.3 Å². The number of hydrogen-bond acceptors (Lipinski definition) is 2. The Bertz CT molecular complexity index is 602. The van der Waals surface area contributed by atoms with Crippen molar-refractivity contribution in [2.45, 2.75) is 13.5 Å². The van der Waals surface area contributed by atoms with Gasteiger partial charge in [-0.05, 0) is 58.9 Å². The van der Waals surface area contributed by atoms with Gasteiger partial charge in [-0.3, -0.25) is 0 Å². The summed E-state index contributed by atoms with van der Waals surface area (Å²) in [5, 5.41) is 3.32. The van der Waals surface area contributed by atoms with Crippen molar-refractivity contribution in [3.8, 4) is 11.5 Å². The minimum absolute atomic E-state index is 0.777. The maximum Gasteiger partial charge on any atom is 0.141 e. The Balaban J connectivity index is 2.27. The van der Waals surface area contributed by atoms with Gasteiger partial charge >= 0.3 is 0 Å². The molecule has 0 bridgehead atoms. The summed E-state index contributed by atoms with van der Waals surface area (Å²) in [4.78, 5) is 0. The van der Waals surface area contributed by atoms with Gasteiger partial charge in [0, 0.05) is 21.1 Å². The molecule has 2 nitrogen and oxygen atoms in total. The van der Waals surface area contributed by atoms with E-state index in [4.69, 9.17) is 4.74 Å². The summed E-state index contributed by atoms with van der Waals surface area (Å²) in [6, 6.07) is 11.9. The van der Waals surface area contributed by atoms with Gasteiger partial charge in [0.15, 0.2) is 0 Å². The molecule has 106 valence electrons. The lowest BCUT2D eigenvalue weighted by molar-refractivity contribution is 0.470. The van der Waals surface area contributed by atoms with Crippen LogP contribution in [-0.4, -0.2) is 6.54 Å². The quantitative estimate of drug-likeness (QED) is 0.598. The lowest BCUT2D eigenvalue weighted by Crippen LogP contribution is -2.12. The van der Waals surface area contributed by atoms with Crippen LogP contribution >= 0.6 is 47.8 Å². The van der Waals surface area contributed by atoms with Crippen molar-refractivity contribution < 1.29 is 4.74 Å². The fraction of sp³-hybridized carbons (Fsp3) is 0.200. The molecule has 2 aromatic carbocycles. The monoisotopic (exact) mass is 461 g/mol. The summed E-state index contributed by atoms with van der Waals surface area (Å²) in [5.41, 5.74) is 1.12. The Morgan fingerprint density at radius 2 is 1.60 bits per heavy atom. The van der Waals surface area contributed by atoms with Gasteiger partial charge in [-0.1, -0.05) is 38.8 Å². The van der Waals surface area contributed by atoms with Crippen molar-refractivity contribution in [1.82, 2.24) is 5.32 Å². The van der Waals surface area contributed by atoms with Crippen molar-refractivity contribution in [1.29, 1.82) is 0 Å². The zero-order valence-corrected chi connectivity index (χ0v) is 15.7. The molecular weight excluding hydrogens is 450 g/mol. The molecule has 0 amide bonds. The van der Waals surface area contributed by atoms with Crippen LogP contribution < -0.4 is 10.1 Å².